The van der Waals surface area contributed by atoms with Crippen molar-refractivity contribution >= 4 is 28.7 Å². The number of aryl methyl sites for hydroxylation is 1. The number of carbonyl (C=O) groups is 1. The van der Waals surface area contributed by atoms with Gasteiger partial charge in [-0.3, -0.25) is 4.79 Å². The Bertz CT molecular complexity index is 488. The van der Waals surface area contributed by atoms with Crippen LogP contribution in [0.5, 0.6) is 0 Å². The number of thiophene rings is 1. The van der Waals surface area contributed by atoms with Crippen LogP contribution in [0.1, 0.15) is 53.8 Å². The SMILES string of the molecule is Cc1csc(C(=O)C2CCOC3(CCCC3)C2)c1Cl. The number of halogens is 1. The standard InChI is InChI=1S/C15H19ClO2S/c1-10-9-19-14(12(10)16)13(17)11-4-7-18-15(8-11)5-2-3-6-15/h9,11H,2-8H2,1H3. The fourth-order valence-electron chi connectivity index (χ4n) is 3.40. The van der Waals surface area contributed by atoms with Crippen LogP contribution >= 0.6 is 22.9 Å². The van der Waals surface area contributed by atoms with Gasteiger partial charge in [-0.05, 0) is 43.6 Å². The molecule has 1 saturated heterocycles. The zero-order valence-corrected chi connectivity index (χ0v) is 12.8. The second kappa shape index (κ2) is 5.19. The Labute approximate surface area is 123 Å². The van der Waals surface area contributed by atoms with Crippen LogP contribution in [0.3, 0.4) is 0 Å². The van der Waals surface area contributed by atoms with Crippen LogP contribution < -0.4 is 0 Å². The normalized spacial score (nSPS) is 25.9. The Morgan fingerprint density at radius 3 is 2.84 bits per heavy atom. The van der Waals surface area contributed by atoms with Crippen LogP contribution in [-0.2, 0) is 4.74 Å². The fourth-order valence-corrected chi connectivity index (χ4v) is 4.71. The Morgan fingerprint density at radius 2 is 2.21 bits per heavy atom. The maximum absolute atomic E-state index is 12.6. The molecule has 1 unspecified atom stereocenters. The van der Waals surface area contributed by atoms with Crippen LogP contribution in [0.4, 0.5) is 0 Å². The van der Waals surface area contributed by atoms with Crippen molar-refractivity contribution in [3.8, 4) is 0 Å². The summed E-state index contributed by atoms with van der Waals surface area (Å²) in [4.78, 5) is 13.4. The van der Waals surface area contributed by atoms with Gasteiger partial charge in [-0.1, -0.05) is 24.4 Å². The molecule has 1 aliphatic carbocycles. The Morgan fingerprint density at radius 1 is 1.47 bits per heavy atom. The van der Waals surface area contributed by atoms with Gasteiger partial charge in [0.15, 0.2) is 5.78 Å². The summed E-state index contributed by atoms with van der Waals surface area (Å²) < 4.78 is 6.00. The third-order valence-electron chi connectivity index (χ3n) is 4.50. The lowest BCUT2D eigenvalue weighted by Crippen LogP contribution is -2.39. The molecule has 0 aromatic carbocycles. The highest BCUT2D eigenvalue weighted by atomic mass is 35.5. The molecule has 0 amide bonds. The second-order valence-electron chi connectivity index (χ2n) is 5.85. The molecule has 2 fully saturated rings. The Kier molecular flexibility index (Phi) is 3.71. The van der Waals surface area contributed by atoms with E-state index in [1.807, 2.05) is 12.3 Å². The van der Waals surface area contributed by atoms with Gasteiger partial charge in [-0.25, -0.2) is 0 Å². The first-order chi connectivity index (χ1) is 9.11. The minimum Gasteiger partial charge on any atom is -0.375 e. The third kappa shape index (κ3) is 2.48. The van der Waals surface area contributed by atoms with Gasteiger partial charge in [0, 0.05) is 12.5 Å². The summed E-state index contributed by atoms with van der Waals surface area (Å²) in [6.45, 7) is 2.68. The van der Waals surface area contributed by atoms with Crippen molar-refractivity contribution in [2.45, 2.75) is 51.0 Å². The summed E-state index contributed by atoms with van der Waals surface area (Å²) in [5.41, 5.74) is 1.01. The molecule has 2 heterocycles. The predicted molar refractivity (Wildman–Crippen MR) is 78.3 cm³/mol. The molecule has 104 valence electrons. The Hall–Kier alpha value is -0.380. The maximum Gasteiger partial charge on any atom is 0.177 e. The van der Waals surface area contributed by atoms with Crippen LogP contribution in [-0.4, -0.2) is 18.0 Å². The number of hydrogen-bond donors (Lipinski definition) is 0. The molecular weight excluding hydrogens is 280 g/mol. The molecule has 1 atom stereocenters. The van der Waals surface area contributed by atoms with Gasteiger partial charge in [-0.2, -0.15) is 0 Å². The molecule has 0 N–H and O–H groups in total. The summed E-state index contributed by atoms with van der Waals surface area (Å²) >= 11 is 7.72. The maximum atomic E-state index is 12.6. The van der Waals surface area contributed by atoms with Gasteiger partial charge in [0.25, 0.3) is 0 Å². The monoisotopic (exact) mass is 298 g/mol. The molecule has 1 spiro atoms. The molecule has 1 aromatic rings. The summed E-state index contributed by atoms with van der Waals surface area (Å²) in [7, 11) is 0. The van der Waals surface area contributed by atoms with Gasteiger partial charge < -0.3 is 4.74 Å². The number of carbonyl (C=O) groups excluding carboxylic acids is 1. The van der Waals surface area contributed by atoms with Crippen LogP contribution in [0, 0.1) is 12.8 Å². The van der Waals surface area contributed by atoms with Crippen LogP contribution in [0.25, 0.3) is 0 Å². The lowest BCUT2D eigenvalue weighted by atomic mass is 9.82. The highest BCUT2D eigenvalue weighted by Crippen LogP contribution is 2.43. The molecule has 0 bridgehead atoms. The van der Waals surface area contributed by atoms with E-state index in [1.165, 1.54) is 24.2 Å². The van der Waals surface area contributed by atoms with Crippen molar-refractivity contribution in [2.75, 3.05) is 6.61 Å². The van der Waals surface area contributed by atoms with Crippen LogP contribution in [0.15, 0.2) is 5.38 Å². The average molecular weight is 299 g/mol. The number of ether oxygens (including phenoxy) is 1. The molecule has 2 nitrogen and oxygen atoms in total. The van der Waals surface area contributed by atoms with Crippen molar-refractivity contribution in [2.24, 2.45) is 5.92 Å². The predicted octanol–water partition coefficient (Wildman–Crippen LogP) is 4.63. The van der Waals surface area contributed by atoms with E-state index in [1.54, 1.807) is 0 Å². The van der Waals surface area contributed by atoms with Gasteiger partial charge in [0.2, 0.25) is 0 Å². The summed E-state index contributed by atoms with van der Waals surface area (Å²) in [6, 6.07) is 0. The average Bonchev–Trinajstić information content (AvgIpc) is 2.98. The minimum absolute atomic E-state index is 0.00262. The highest BCUT2D eigenvalue weighted by molar-refractivity contribution is 7.13. The molecule has 1 saturated carbocycles. The summed E-state index contributed by atoms with van der Waals surface area (Å²) in [6.07, 6.45) is 6.44. The number of ketones is 1. The van der Waals surface area contributed by atoms with Crippen molar-refractivity contribution in [1.29, 1.82) is 0 Å². The minimum atomic E-state index is -0.00262. The molecular formula is C15H19ClO2S. The van der Waals surface area contributed by atoms with E-state index in [2.05, 4.69) is 0 Å². The van der Waals surface area contributed by atoms with Gasteiger partial charge in [0.1, 0.15) is 0 Å². The van der Waals surface area contributed by atoms with Crippen molar-refractivity contribution < 1.29 is 9.53 Å². The van der Waals surface area contributed by atoms with Gasteiger partial charge >= 0.3 is 0 Å². The highest BCUT2D eigenvalue weighted by Gasteiger charge is 2.42. The molecule has 4 heteroatoms. The van der Waals surface area contributed by atoms with E-state index in [0.29, 0.717) is 5.02 Å². The molecule has 0 radical (unpaired) electrons. The number of Topliss-reactive ketones (excluding diaryl/α,β-unsaturated/α-hetero) is 1. The smallest absolute Gasteiger partial charge is 0.177 e. The van der Waals surface area contributed by atoms with Gasteiger partial charge in [0.05, 0.1) is 15.5 Å². The lowest BCUT2D eigenvalue weighted by Gasteiger charge is -2.37. The topological polar surface area (TPSA) is 26.3 Å². The van der Waals surface area contributed by atoms with E-state index >= 15 is 0 Å². The summed E-state index contributed by atoms with van der Waals surface area (Å²) in [5.74, 6) is 0.333. The zero-order valence-electron chi connectivity index (χ0n) is 11.2. The van der Waals surface area contributed by atoms with Gasteiger partial charge in [-0.15, -0.1) is 11.3 Å². The fraction of sp³-hybridized carbons (Fsp3) is 0.667. The first-order valence-corrected chi connectivity index (χ1v) is 8.29. The third-order valence-corrected chi connectivity index (χ3v) is 6.21. The zero-order chi connectivity index (χ0) is 13.5. The largest absolute Gasteiger partial charge is 0.375 e. The van der Waals surface area contributed by atoms with Crippen molar-refractivity contribution in [1.82, 2.24) is 0 Å². The number of rotatable bonds is 2. The van der Waals surface area contributed by atoms with E-state index in [4.69, 9.17) is 16.3 Å². The molecule has 1 aromatic heterocycles. The summed E-state index contributed by atoms with van der Waals surface area (Å²) in [5, 5.41) is 2.63. The molecule has 1 aliphatic heterocycles. The van der Waals surface area contributed by atoms with Crippen molar-refractivity contribution in [3.63, 3.8) is 0 Å². The Balaban J connectivity index is 1.78. The first-order valence-electron chi connectivity index (χ1n) is 7.03. The number of hydrogen-bond acceptors (Lipinski definition) is 3. The lowest BCUT2D eigenvalue weighted by molar-refractivity contribution is -0.0865. The van der Waals surface area contributed by atoms with E-state index < -0.39 is 0 Å². The van der Waals surface area contributed by atoms with Crippen molar-refractivity contribution in [3.05, 3.63) is 20.8 Å². The molecule has 19 heavy (non-hydrogen) atoms. The van der Waals surface area contributed by atoms with Crippen LogP contribution in [0.2, 0.25) is 5.02 Å². The molecule has 3 rings (SSSR count). The van der Waals surface area contributed by atoms with E-state index in [0.717, 1.165) is 42.7 Å². The quantitative estimate of drug-likeness (QED) is 0.744. The van der Waals surface area contributed by atoms with E-state index in [9.17, 15) is 4.79 Å². The first kappa shape index (κ1) is 13.6. The second-order valence-corrected chi connectivity index (χ2v) is 7.11. The molecule has 2 aliphatic rings. The van der Waals surface area contributed by atoms with E-state index in [-0.39, 0.29) is 17.3 Å².